The van der Waals surface area contributed by atoms with Crippen LogP contribution in [0.15, 0.2) is 23.1 Å². The molecule has 0 saturated carbocycles. The lowest BCUT2D eigenvalue weighted by Crippen LogP contribution is -2.14. The van der Waals surface area contributed by atoms with E-state index in [1.807, 2.05) is 19.9 Å². The maximum absolute atomic E-state index is 12.6. The Bertz CT molecular complexity index is 739. The van der Waals surface area contributed by atoms with Gasteiger partial charge in [-0.15, -0.1) is 16.8 Å². The first kappa shape index (κ1) is 19.7. The Morgan fingerprint density at radius 1 is 1.52 bits per heavy atom. The Labute approximate surface area is 156 Å². The first-order valence-electron chi connectivity index (χ1n) is 7.99. The Hall–Kier alpha value is -1.64. The number of carbonyl (C=O) groups excluding carboxylic acids is 1. The minimum Gasteiger partial charge on any atom is -0.383 e. The molecule has 0 radical (unpaired) electrons. The second-order valence-electron chi connectivity index (χ2n) is 5.71. The number of aromatic nitrogens is 3. The van der Waals surface area contributed by atoms with Gasteiger partial charge in [-0.25, -0.2) is 0 Å². The van der Waals surface area contributed by atoms with Crippen LogP contribution < -0.4 is 5.32 Å². The number of nitrogens with one attached hydrogen (secondary N) is 1. The normalized spacial score (nSPS) is 12.2. The third-order valence-corrected chi connectivity index (χ3v) is 5.78. The zero-order chi connectivity index (χ0) is 18.4. The highest BCUT2D eigenvalue weighted by Crippen LogP contribution is 2.27. The van der Waals surface area contributed by atoms with Crippen LogP contribution >= 0.6 is 23.1 Å². The van der Waals surface area contributed by atoms with Crippen molar-refractivity contribution < 1.29 is 9.53 Å². The summed E-state index contributed by atoms with van der Waals surface area (Å²) < 4.78 is 8.17. The molecule has 6 nitrogen and oxygen atoms in total. The standard InChI is InChI=1S/C17H24N4O2S2/c1-6-7-18-16-19-20-17(25-16)24-10-15(22)14-8-11(2)21(13(14)4)12(3)9-23-5/h6,8,12H,1,7,9-10H2,2-5H3,(H,18,19). The summed E-state index contributed by atoms with van der Waals surface area (Å²) in [5.41, 5.74) is 2.82. The van der Waals surface area contributed by atoms with Crippen LogP contribution in [0.2, 0.25) is 0 Å². The van der Waals surface area contributed by atoms with Gasteiger partial charge in [0.05, 0.1) is 18.4 Å². The van der Waals surface area contributed by atoms with Gasteiger partial charge in [0.2, 0.25) is 5.13 Å². The predicted molar refractivity (Wildman–Crippen MR) is 104 cm³/mol. The molecule has 0 aliphatic rings. The van der Waals surface area contributed by atoms with Crippen LogP contribution in [-0.4, -0.2) is 46.6 Å². The fourth-order valence-electron chi connectivity index (χ4n) is 2.76. The molecule has 2 aromatic heterocycles. The summed E-state index contributed by atoms with van der Waals surface area (Å²) in [4.78, 5) is 12.6. The fourth-order valence-corrected chi connectivity index (χ4v) is 4.40. The third-order valence-electron chi connectivity index (χ3n) is 3.76. The lowest BCUT2D eigenvalue weighted by molar-refractivity contribution is 0.102. The summed E-state index contributed by atoms with van der Waals surface area (Å²) in [6.07, 6.45) is 1.76. The zero-order valence-corrected chi connectivity index (χ0v) is 16.7. The molecule has 0 amide bonds. The Morgan fingerprint density at radius 3 is 2.96 bits per heavy atom. The second-order valence-corrected chi connectivity index (χ2v) is 7.91. The van der Waals surface area contributed by atoms with E-state index >= 15 is 0 Å². The topological polar surface area (TPSA) is 69.0 Å². The number of aryl methyl sites for hydroxylation is 1. The van der Waals surface area contributed by atoms with E-state index in [4.69, 9.17) is 4.74 Å². The van der Waals surface area contributed by atoms with Gasteiger partial charge in [0.25, 0.3) is 0 Å². The lowest BCUT2D eigenvalue weighted by Gasteiger charge is -2.17. The monoisotopic (exact) mass is 380 g/mol. The summed E-state index contributed by atoms with van der Waals surface area (Å²) in [5, 5.41) is 12.0. The number of ketones is 1. The van der Waals surface area contributed by atoms with E-state index < -0.39 is 0 Å². The molecule has 1 unspecified atom stereocenters. The van der Waals surface area contributed by atoms with E-state index in [9.17, 15) is 4.79 Å². The summed E-state index contributed by atoms with van der Waals surface area (Å²) in [7, 11) is 1.69. The summed E-state index contributed by atoms with van der Waals surface area (Å²) in [6, 6.07) is 2.16. The Morgan fingerprint density at radius 2 is 2.28 bits per heavy atom. The number of nitrogens with zero attached hydrogens (tertiary/aromatic N) is 3. The van der Waals surface area contributed by atoms with Gasteiger partial charge in [0.1, 0.15) is 0 Å². The molecule has 2 rings (SSSR count). The first-order valence-corrected chi connectivity index (χ1v) is 9.79. The molecular weight excluding hydrogens is 356 g/mol. The van der Waals surface area contributed by atoms with Crippen molar-refractivity contribution in [2.75, 3.05) is 31.3 Å². The van der Waals surface area contributed by atoms with Gasteiger partial charge < -0.3 is 14.6 Å². The molecule has 2 aromatic rings. The van der Waals surface area contributed by atoms with E-state index in [1.54, 1.807) is 13.2 Å². The highest BCUT2D eigenvalue weighted by atomic mass is 32.2. The van der Waals surface area contributed by atoms with E-state index in [2.05, 4.69) is 33.6 Å². The largest absolute Gasteiger partial charge is 0.383 e. The van der Waals surface area contributed by atoms with Gasteiger partial charge in [-0.1, -0.05) is 29.2 Å². The highest BCUT2D eigenvalue weighted by Gasteiger charge is 2.19. The first-order chi connectivity index (χ1) is 12.0. The van der Waals surface area contributed by atoms with Crippen molar-refractivity contribution in [1.82, 2.24) is 14.8 Å². The summed E-state index contributed by atoms with van der Waals surface area (Å²) in [5.74, 6) is 0.448. The number of Topliss-reactive ketones (excluding diaryl/α,β-unsaturated/α-hetero) is 1. The van der Waals surface area contributed by atoms with Crippen LogP contribution in [0, 0.1) is 13.8 Å². The van der Waals surface area contributed by atoms with E-state index in [-0.39, 0.29) is 11.8 Å². The van der Waals surface area contributed by atoms with Crippen LogP contribution in [0.3, 0.4) is 0 Å². The minimum absolute atomic E-state index is 0.102. The average molecular weight is 381 g/mol. The van der Waals surface area contributed by atoms with Crippen LogP contribution in [0.25, 0.3) is 0 Å². The fraction of sp³-hybridized carbons (Fsp3) is 0.471. The highest BCUT2D eigenvalue weighted by molar-refractivity contribution is 8.01. The molecule has 0 spiro atoms. The number of rotatable bonds is 10. The number of anilines is 1. The van der Waals surface area contributed by atoms with E-state index in [0.717, 1.165) is 26.4 Å². The molecular formula is C17H24N4O2S2. The van der Waals surface area contributed by atoms with Crippen molar-refractivity contribution in [3.8, 4) is 0 Å². The predicted octanol–water partition coefficient (Wildman–Crippen LogP) is 3.74. The van der Waals surface area contributed by atoms with Gasteiger partial charge in [-0.3, -0.25) is 4.79 Å². The van der Waals surface area contributed by atoms with Crippen LogP contribution in [-0.2, 0) is 4.74 Å². The second kappa shape index (κ2) is 9.17. The lowest BCUT2D eigenvalue weighted by atomic mass is 10.2. The molecule has 1 N–H and O–H groups in total. The number of methoxy groups -OCH3 is 1. The molecule has 0 aromatic carbocycles. The molecule has 136 valence electrons. The Kier molecular flexibility index (Phi) is 7.22. The van der Waals surface area contributed by atoms with Crippen LogP contribution in [0.5, 0.6) is 0 Å². The van der Waals surface area contributed by atoms with Crippen LogP contribution in [0.1, 0.15) is 34.7 Å². The molecule has 0 fully saturated rings. The SMILES string of the molecule is C=CCNc1nnc(SCC(=O)c2cc(C)n(C(C)COC)c2C)s1. The number of carbonyl (C=O) groups is 1. The van der Waals surface area contributed by atoms with Crippen molar-refractivity contribution in [3.63, 3.8) is 0 Å². The molecule has 0 bridgehead atoms. The van der Waals surface area contributed by atoms with Crippen molar-refractivity contribution in [2.45, 2.75) is 31.2 Å². The molecule has 1 atom stereocenters. The van der Waals surface area contributed by atoms with Gasteiger partial charge in [0, 0.05) is 30.6 Å². The molecule has 25 heavy (non-hydrogen) atoms. The quantitative estimate of drug-likeness (QED) is 0.385. The summed E-state index contributed by atoms with van der Waals surface area (Å²) >= 11 is 2.86. The minimum atomic E-state index is 0.102. The van der Waals surface area contributed by atoms with E-state index in [0.29, 0.717) is 18.9 Å². The van der Waals surface area contributed by atoms with Crippen molar-refractivity contribution in [2.24, 2.45) is 0 Å². The maximum atomic E-state index is 12.6. The molecule has 8 heteroatoms. The number of ether oxygens (including phenoxy) is 1. The van der Waals surface area contributed by atoms with Crippen molar-refractivity contribution in [1.29, 1.82) is 0 Å². The zero-order valence-electron chi connectivity index (χ0n) is 15.0. The number of thioether (sulfide) groups is 1. The van der Waals surface area contributed by atoms with Gasteiger partial charge in [0.15, 0.2) is 10.1 Å². The van der Waals surface area contributed by atoms with Crippen LogP contribution in [0.4, 0.5) is 5.13 Å². The maximum Gasteiger partial charge on any atom is 0.206 e. The number of hydrogen-bond donors (Lipinski definition) is 1. The number of hydrogen-bond acceptors (Lipinski definition) is 7. The van der Waals surface area contributed by atoms with Crippen molar-refractivity contribution in [3.05, 3.63) is 35.7 Å². The molecule has 0 aliphatic carbocycles. The van der Waals surface area contributed by atoms with Gasteiger partial charge >= 0.3 is 0 Å². The molecule has 0 saturated heterocycles. The van der Waals surface area contributed by atoms with Crippen molar-refractivity contribution >= 4 is 34.0 Å². The van der Waals surface area contributed by atoms with Gasteiger partial charge in [-0.05, 0) is 26.8 Å². The Balaban J connectivity index is 2.02. The smallest absolute Gasteiger partial charge is 0.206 e. The molecule has 2 heterocycles. The third kappa shape index (κ3) is 4.93. The average Bonchev–Trinajstić information content (AvgIpc) is 3.15. The van der Waals surface area contributed by atoms with E-state index in [1.165, 1.54) is 23.1 Å². The van der Waals surface area contributed by atoms with Gasteiger partial charge in [-0.2, -0.15) is 0 Å². The summed E-state index contributed by atoms with van der Waals surface area (Å²) in [6.45, 7) is 11.0. The molecule has 0 aliphatic heterocycles.